The molecule has 32 heavy (non-hydrogen) atoms. The second-order valence-corrected chi connectivity index (χ2v) is 9.87. The number of hydrogen-bond donors (Lipinski definition) is 0. The second-order valence-electron chi connectivity index (χ2n) is 9.87. The minimum atomic E-state index is -0.316. The van der Waals surface area contributed by atoms with E-state index in [-0.39, 0.29) is 10.8 Å². The van der Waals surface area contributed by atoms with Crippen LogP contribution in [0, 0.1) is 12.3 Å². The highest BCUT2D eigenvalue weighted by molar-refractivity contribution is 5.86. The molecule has 2 aliphatic rings. The molecule has 0 heteroatoms. The van der Waals surface area contributed by atoms with E-state index in [0.29, 0.717) is 0 Å². The lowest BCUT2D eigenvalue weighted by Gasteiger charge is -2.35. The van der Waals surface area contributed by atoms with Crippen molar-refractivity contribution in [1.82, 2.24) is 0 Å². The normalized spacial score (nSPS) is 17.4. The van der Waals surface area contributed by atoms with E-state index in [1.54, 1.807) is 0 Å². The summed E-state index contributed by atoms with van der Waals surface area (Å²) in [4.78, 5) is 0. The molecule has 160 valence electrons. The number of benzene rings is 3. The predicted octanol–water partition coefficient (Wildman–Crippen LogP) is 8.34. The summed E-state index contributed by atoms with van der Waals surface area (Å²) in [6.07, 6.45) is 13.9. The van der Waals surface area contributed by atoms with E-state index in [2.05, 4.69) is 125 Å². The molecule has 5 rings (SSSR count). The summed E-state index contributed by atoms with van der Waals surface area (Å²) >= 11 is 0. The molecule has 0 amide bonds. The average molecular weight is 417 g/mol. The van der Waals surface area contributed by atoms with Gasteiger partial charge in [-0.05, 0) is 57.9 Å². The first-order valence-electron chi connectivity index (χ1n) is 11.9. The number of hydrogen-bond acceptors (Lipinski definition) is 0. The Hall–Kier alpha value is -3.12. The van der Waals surface area contributed by atoms with Gasteiger partial charge in [-0.3, -0.25) is 0 Å². The zero-order valence-corrected chi connectivity index (χ0v) is 19.7. The fourth-order valence-electron chi connectivity index (χ4n) is 5.57. The van der Waals surface area contributed by atoms with Crippen molar-refractivity contribution < 1.29 is 0 Å². The van der Waals surface area contributed by atoms with Gasteiger partial charge in [0.05, 0.1) is 5.41 Å². The van der Waals surface area contributed by atoms with Crippen LogP contribution in [-0.4, -0.2) is 0 Å². The Balaban J connectivity index is 1.86. The molecule has 3 aromatic rings. The van der Waals surface area contributed by atoms with Crippen molar-refractivity contribution in [3.8, 4) is 11.1 Å². The van der Waals surface area contributed by atoms with Gasteiger partial charge in [0.15, 0.2) is 0 Å². The van der Waals surface area contributed by atoms with Crippen molar-refractivity contribution in [2.24, 2.45) is 5.41 Å². The van der Waals surface area contributed by atoms with E-state index < -0.39 is 0 Å². The predicted molar refractivity (Wildman–Crippen MR) is 137 cm³/mol. The molecule has 0 aliphatic heterocycles. The van der Waals surface area contributed by atoms with Gasteiger partial charge in [-0.1, -0.05) is 124 Å². The first-order chi connectivity index (χ1) is 15.5. The van der Waals surface area contributed by atoms with Crippen LogP contribution >= 0.6 is 0 Å². The molecule has 0 unspecified atom stereocenters. The Morgan fingerprint density at radius 2 is 1.44 bits per heavy atom. The molecule has 0 bridgehead atoms. The van der Waals surface area contributed by atoms with Crippen LogP contribution in [-0.2, 0) is 11.8 Å². The van der Waals surface area contributed by atoms with Crippen LogP contribution in [0.2, 0.25) is 0 Å². The minimum absolute atomic E-state index is 0.0397. The van der Waals surface area contributed by atoms with Crippen molar-refractivity contribution in [3.63, 3.8) is 0 Å². The molecule has 3 aromatic carbocycles. The van der Waals surface area contributed by atoms with E-state index in [0.717, 1.165) is 6.42 Å². The van der Waals surface area contributed by atoms with Gasteiger partial charge in [0.1, 0.15) is 0 Å². The Bertz CT molecular complexity index is 1220. The molecule has 0 radical (unpaired) electrons. The third-order valence-electron chi connectivity index (χ3n) is 7.17. The number of rotatable bonds is 4. The Kier molecular flexibility index (Phi) is 5.05. The van der Waals surface area contributed by atoms with Gasteiger partial charge >= 0.3 is 0 Å². The van der Waals surface area contributed by atoms with E-state index in [1.165, 1.54) is 50.9 Å². The molecule has 0 spiro atoms. The maximum atomic E-state index is 2.44. The standard InChI is InChI=1S/C32H32/c1-5-11-24-17-18-26(22-23(24)2)32(25-12-10-20-31(3,4)21-19-25)29-15-8-6-13-27(29)28-14-7-9-16-30(28)32/h6-10,12-22H,5,11H2,1-4H3. The summed E-state index contributed by atoms with van der Waals surface area (Å²) in [6.45, 7) is 9.07. The van der Waals surface area contributed by atoms with Crippen molar-refractivity contribution >= 4 is 0 Å². The summed E-state index contributed by atoms with van der Waals surface area (Å²) in [5, 5.41) is 0. The molecule has 0 saturated heterocycles. The van der Waals surface area contributed by atoms with E-state index >= 15 is 0 Å². The molecular formula is C32H32. The summed E-state index contributed by atoms with van der Waals surface area (Å²) in [7, 11) is 0. The molecule has 0 atom stereocenters. The SMILES string of the molecule is CCCc1ccc(C2(C3=CC=CC(C)(C)C=C3)c3ccccc3-c3ccccc32)cc1C. The minimum Gasteiger partial charge on any atom is -0.0751 e. The van der Waals surface area contributed by atoms with Gasteiger partial charge in [-0.15, -0.1) is 0 Å². The number of fused-ring (bicyclic) bond motifs is 3. The lowest BCUT2D eigenvalue weighted by molar-refractivity contribution is 0.625. The van der Waals surface area contributed by atoms with Crippen molar-refractivity contribution in [2.75, 3.05) is 0 Å². The van der Waals surface area contributed by atoms with Gasteiger partial charge < -0.3 is 0 Å². The monoisotopic (exact) mass is 416 g/mol. The van der Waals surface area contributed by atoms with Crippen molar-refractivity contribution in [3.05, 3.63) is 131 Å². The fraction of sp³-hybridized carbons (Fsp3) is 0.250. The first-order valence-corrected chi connectivity index (χ1v) is 11.9. The van der Waals surface area contributed by atoms with Gasteiger partial charge in [0.2, 0.25) is 0 Å². The maximum Gasteiger partial charge on any atom is 0.0713 e. The fourth-order valence-corrected chi connectivity index (χ4v) is 5.57. The lowest BCUT2D eigenvalue weighted by Crippen LogP contribution is -2.29. The van der Waals surface area contributed by atoms with Crippen LogP contribution in [0.15, 0.2) is 103 Å². The van der Waals surface area contributed by atoms with Gasteiger partial charge in [0, 0.05) is 5.41 Å². The van der Waals surface area contributed by atoms with Crippen molar-refractivity contribution in [1.29, 1.82) is 0 Å². The third-order valence-corrected chi connectivity index (χ3v) is 7.17. The van der Waals surface area contributed by atoms with Crippen LogP contribution in [0.3, 0.4) is 0 Å². The lowest BCUT2D eigenvalue weighted by atomic mass is 9.66. The van der Waals surface area contributed by atoms with Crippen LogP contribution in [0.5, 0.6) is 0 Å². The summed E-state index contributed by atoms with van der Waals surface area (Å²) in [6, 6.07) is 25.1. The van der Waals surface area contributed by atoms with Gasteiger partial charge in [-0.2, -0.15) is 0 Å². The smallest absolute Gasteiger partial charge is 0.0713 e. The van der Waals surface area contributed by atoms with E-state index in [4.69, 9.17) is 0 Å². The van der Waals surface area contributed by atoms with Crippen LogP contribution in [0.4, 0.5) is 0 Å². The highest BCUT2D eigenvalue weighted by atomic mass is 14.5. The molecule has 0 fully saturated rings. The van der Waals surface area contributed by atoms with E-state index in [1.807, 2.05) is 0 Å². The van der Waals surface area contributed by atoms with Crippen LogP contribution < -0.4 is 0 Å². The van der Waals surface area contributed by atoms with Crippen LogP contribution in [0.1, 0.15) is 55.0 Å². The molecule has 0 nitrogen and oxygen atoms in total. The highest BCUT2D eigenvalue weighted by Crippen LogP contribution is 2.57. The second kappa shape index (κ2) is 7.78. The topological polar surface area (TPSA) is 0 Å². The molecule has 2 aliphatic carbocycles. The Morgan fingerprint density at radius 1 is 0.781 bits per heavy atom. The van der Waals surface area contributed by atoms with Crippen molar-refractivity contribution in [2.45, 2.75) is 46.0 Å². The van der Waals surface area contributed by atoms with E-state index in [9.17, 15) is 0 Å². The van der Waals surface area contributed by atoms with Gasteiger partial charge in [-0.25, -0.2) is 0 Å². The number of aryl methyl sites for hydroxylation is 2. The summed E-state index contributed by atoms with van der Waals surface area (Å²) in [5.74, 6) is 0. The quantitative estimate of drug-likeness (QED) is 0.401. The largest absolute Gasteiger partial charge is 0.0751 e. The number of allylic oxidation sites excluding steroid dienone is 6. The van der Waals surface area contributed by atoms with Gasteiger partial charge in [0.25, 0.3) is 0 Å². The Labute approximate surface area is 193 Å². The Morgan fingerprint density at radius 3 is 2.06 bits per heavy atom. The summed E-state index contributed by atoms with van der Waals surface area (Å²) < 4.78 is 0. The highest BCUT2D eigenvalue weighted by Gasteiger charge is 2.46. The molecule has 0 heterocycles. The zero-order valence-electron chi connectivity index (χ0n) is 19.7. The molecule has 0 N–H and O–H groups in total. The maximum absolute atomic E-state index is 2.44. The third kappa shape index (κ3) is 3.13. The average Bonchev–Trinajstić information content (AvgIpc) is 2.96. The summed E-state index contributed by atoms with van der Waals surface area (Å²) in [5.41, 5.74) is 10.7. The zero-order chi connectivity index (χ0) is 22.3. The first kappa shape index (κ1) is 20.8. The molecule has 0 saturated carbocycles. The molecule has 0 aromatic heterocycles. The van der Waals surface area contributed by atoms with Crippen LogP contribution in [0.25, 0.3) is 11.1 Å². The molecular weight excluding hydrogens is 384 g/mol.